The van der Waals surface area contributed by atoms with Crippen LogP contribution >= 0.6 is 0 Å². The molecule has 132 valence electrons. The van der Waals surface area contributed by atoms with E-state index in [1.54, 1.807) is 37.4 Å². The van der Waals surface area contributed by atoms with Crippen molar-refractivity contribution in [3.05, 3.63) is 48.0 Å². The standard InChI is InChI=1S/C18H20FN3O3/c1-20-17(23)15-7-4-10-22(15)18(24)21-11-12-8-9-16(25-12)13-5-2-3-6-14(13)19/h2-3,5-6,8-9,15H,4,7,10-11H2,1H3,(H,20,23)(H,21,24)/t15-/m0/s1. The number of carbonyl (C=O) groups is 2. The number of halogens is 1. The molecule has 0 spiro atoms. The normalized spacial score (nSPS) is 16.7. The van der Waals surface area contributed by atoms with Crippen LogP contribution in [0.3, 0.4) is 0 Å². The van der Waals surface area contributed by atoms with Crippen LogP contribution in [0.15, 0.2) is 40.8 Å². The molecule has 2 aromatic rings. The van der Waals surface area contributed by atoms with Crippen molar-refractivity contribution in [1.82, 2.24) is 15.5 Å². The molecule has 0 radical (unpaired) electrons. The van der Waals surface area contributed by atoms with Crippen LogP contribution in [0.2, 0.25) is 0 Å². The van der Waals surface area contributed by atoms with Crippen LogP contribution in [-0.4, -0.2) is 36.5 Å². The maximum Gasteiger partial charge on any atom is 0.318 e. The molecule has 3 amide bonds. The van der Waals surface area contributed by atoms with Gasteiger partial charge < -0.3 is 20.0 Å². The first kappa shape index (κ1) is 17.0. The lowest BCUT2D eigenvalue weighted by atomic mass is 10.1. The number of nitrogens with zero attached hydrogens (tertiary/aromatic N) is 1. The second kappa shape index (κ2) is 7.38. The second-order valence-corrected chi connectivity index (χ2v) is 5.87. The Bertz CT molecular complexity index is 774. The molecule has 1 saturated heterocycles. The van der Waals surface area contributed by atoms with Gasteiger partial charge in [0.15, 0.2) is 0 Å². The maximum absolute atomic E-state index is 13.8. The van der Waals surface area contributed by atoms with Crippen LogP contribution in [0.25, 0.3) is 11.3 Å². The summed E-state index contributed by atoms with van der Waals surface area (Å²) in [5.41, 5.74) is 0.374. The summed E-state index contributed by atoms with van der Waals surface area (Å²) >= 11 is 0. The van der Waals surface area contributed by atoms with Crippen LogP contribution in [0.4, 0.5) is 9.18 Å². The van der Waals surface area contributed by atoms with Crippen molar-refractivity contribution in [3.63, 3.8) is 0 Å². The lowest BCUT2D eigenvalue weighted by Gasteiger charge is -2.23. The summed E-state index contributed by atoms with van der Waals surface area (Å²) in [5, 5.41) is 5.33. The van der Waals surface area contributed by atoms with E-state index in [-0.39, 0.29) is 24.3 Å². The molecule has 1 aromatic heterocycles. The Labute approximate surface area is 145 Å². The largest absolute Gasteiger partial charge is 0.459 e. The van der Waals surface area contributed by atoms with E-state index in [4.69, 9.17) is 4.42 Å². The van der Waals surface area contributed by atoms with E-state index in [9.17, 15) is 14.0 Å². The van der Waals surface area contributed by atoms with Gasteiger partial charge in [-0.1, -0.05) is 12.1 Å². The van der Waals surface area contributed by atoms with Gasteiger partial charge >= 0.3 is 6.03 Å². The Morgan fingerprint density at radius 1 is 1.28 bits per heavy atom. The number of benzene rings is 1. The quantitative estimate of drug-likeness (QED) is 0.894. The van der Waals surface area contributed by atoms with Crippen LogP contribution in [0.5, 0.6) is 0 Å². The van der Waals surface area contributed by atoms with Crippen molar-refractivity contribution in [2.24, 2.45) is 0 Å². The minimum Gasteiger partial charge on any atom is -0.459 e. The fraction of sp³-hybridized carbons (Fsp3) is 0.333. The molecule has 0 unspecified atom stereocenters. The molecule has 25 heavy (non-hydrogen) atoms. The van der Waals surface area contributed by atoms with E-state index in [0.717, 1.165) is 6.42 Å². The van der Waals surface area contributed by atoms with Gasteiger partial charge in [-0.25, -0.2) is 9.18 Å². The summed E-state index contributed by atoms with van der Waals surface area (Å²) in [6, 6.07) is 8.97. The summed E-state index contributed by atoms with van der Waals surface area (Å²) in [4.78, 5) is 25.6. The molecule has 0 aliphatic carbocycles. The Kier molecular flexibility index (Phi) is 5.02. The molecule has 0 saturated carbocycles. The highest BCUT2D eigenvalue weighted by Crippen LogP contribution is 2.25. The molecular weight excluding hydrogens is 325 g/mol. The number of amides is 3. The molecule has 1 aliphatic heterocycles. The van der Waals surface area contributed by atoms with E-state index in [1.807, 2.05) is 0 Å². The zero-order valence-corrected chi connectivity index (χ0v) is 13.9. The molecule has 6 nitrogen and oxygen atoms in total. The summed E-state index contributed by atoms with van der Waals surface area (Å²) in [6.07, 6.45) is 1.45. The number of nitrogens with one attached hydrogen (secondary N) is 2. The highest BCUT2D eigenvalue weighted by molar-refractivity contribution is 5.87. The monoisotopic (exact) mass is 345 g/mol. The molecule has 2 N–H and O–H groups in total. The van der Waals surface area contributed by atoms with Crippen LogP contribution in [0.1, 0.15) is 18.6 Å². The zero-order chi connectivity index (χ0) is 17.8. The van der Waals surface area contributed by atoms with Crippen molar-refractivity contribution in [3.8, 4) is 11.3 Å². The molecule has 1 fully saturated rings. The minimum atomic E-state index is -0.435. The van der Waals surface area contributed by atoms with Crippen molar-refractivity contribution in [2.45, 2.75) is 25.4 Å². The van der Waals surface area contributed by atoms with E-state index >= 15 is 0 Å². The first-order chi connectivity index (χ1) is 12.1. The number of rotatable bonds is 4. The lowest BCUT2D eigenvalue weighted by molar-refractivity contribution is -0.124. The molecule has 1 aliphatic rings. The van der Waals surface area contributed by atoms with Gasteiger partial charge in [0.05, 0.1) is 12.1 Å². The highest BCUT2D eigenvalue weighted by Gasteiger charge is 2.33. The number of hydrogen-bond acceptors (Lipinski definition) is 3. The van der Waals surface area contributed by atoms with Crippen molar-refractivity contribution in [1.29, 1.82) is 0 Å². The molecule has 3 rings (SSSR count). The Morgan fingerprint density at radius 2 is 2.08 bits per heavy atom. The minimum absolute atomic E-state index is 0.160. The molecule has 0 bridgehead atoms. The number of hydrogen-bond donors (Lipinski definition) is 2. The Balaban J connectivity index is 1.62. The van der Waals surface area contributed by atoms with Gasteiger partial charge in [-0.15, -0.1) is 0 Å². The summed E-state index contributed by atoms with van der Waals surface area (Å²) in [7, 11) is 1.56. The fourth-order valence-electron chi connectivity index (χ4n) is 2.99. The average molecular weight is 345 g/mol. The third-order valence-corrected chi connectivity index (χ3v) is 4.28. The number of carbonyl (C=O) groups excluding carboxylic acids is 2. The Hall–Kier alpha value is -2.83. The van der Waals surface area contributed by atoms with Gasteiger partial charge in [0.25, 0.3) is 0 Å². The van der Waals surface area contributed by atoms with E-state index in [0.29, 0.717) is 30.0 Å². The van der Waals surface area contributed by atoms with Crippen LogP contribution < -0.4 is 10.6 Å². The third kappa shape index (κ3) is 3.65. The van der Waals surface area contributed by atoms with E-state index < -0.39 is 6.04 Å². The van der Waals surface area contributed by atoms with Gasteiger partial charge in [0.2, 0.25) is 5.91 Å². The van der Waals surface area contributed by atoms with Gasteiger partial charge in [-0.05, 0) is 37.1 Å². The summed E-state index contributed by atoms with van der Waals surface area (Å²) in [5.74, 6) is 0.402. The number of furan rings is 1. The van der Waals surface area contributed by atoms with Gasteiger partial charge in [-0.2, -0.15) is 0 Å². The Morgan fingerprint density at radius 3 is 2.84 bits per heavy atom. The number of likely N-dealkylation sites (N-methyl/N-ethyl adjacent to an activating group) is 1. The smallest absolute Gasteiger partial charge is 0.318 e. The summed E-state index contributed by atoms with van der Waals surface area (Å²) in [6.45, 7) is 0.715. The van der Waals surface area contributed by atoms with Gasteiger partial charge in [0.1, 0.15) is 23.4 Å². The van der Waals surface area contributed by atoms with Crippen LogP contribution in [0, 0.1) is 5.82 Å². The molecule has 7 heteroatoms. The van der Waals surface area contributed by atoms with E-state index in [2.05, 4.69) is 10.6 Å². The third-order valence-electron chi connectivity index (χ3n) is 4.28. The van der Waals surface area contributed by atoms with Crippen molar-refractivity contribution < 1.29 is 18.4 Å². The molecule has 1 atom stereocenters. The summed E-state index contributed by atoms with van der Waals surface area (Å²) < 4.78 is 19.4. The molecule has 2 heterocycles. The maximum atomic E-state index is 13.8. The predicted octanol–water partition coefficient (Wildman–Crippen LogP) is 2.51. The lowest BCUT2D eigenvalue weighted by Crippen LogP contribution is -2.48. The first-order valence-corrected chi connectivity index (χ1v) is 8.20. The zero-order valence-electron chi connectivity index (χ0n) is 13.9. The van der Waals surface area contributed by atoms with Crippen LogP contribution in [-0.2, 0) is 11.3 Å². The van der Waals surface area contributed by atoms with Crippen molar-refractivity contribution >= 4 is 11.9 Å². The molecular formula is C18H20FN3O3. The predicted molar refractivity (Wildman–Crippen MR) is 90.1 cm³/mol. The first-order valence-electron chi connectivity index (χ1n) is 8.20. The van der Waals surface area contributed by atoms with Gasteiger partial charge in [-0.3, -0.25) is 4.79 Å². The van der Waals surface area contributed by atoms with E-state index in [1.165, 1.54) is 11.0 Å². The highest BCUT2D eigenvalue weighted by atomic mass is 19.1. The number of likely N-dealkylation sites (tertiary alicyclic amines) is 1. The molecule has 1 aromatic carbocycles. The van der Waals surface area contributed by atoms with Crippen molar-refractivity contribution in [2.75, 3.05) is 13.6 Å². The SMILES string of the molecule is CNC(=O)[C@@H]1CCCN1C(=O)NCc1ccc(-c2ccccc2F)o1. The number of urea groups is 1. The topological polar surface area (TPSA) is 74.6 Å². The average Bonchev–Trinajstić information content (AvgIpc) is 3.29. The fourth-order valence-corrected chi connectivity index (χ4v) is 2.99. The van der Waals surface area contributed by atoms with Gasteiger partial charge in [0, 0.05) is 13.6 Å². The second-order valence-electron chi connectivity index (χ2n) is 5.87.